The molecule has 0 aliphatic heterocycles. The Kier molecular flexibility index (Phi) is 6.82. The number of aromatic amines is 1. The molecule has 0 saturated carbocycles. The van der Waals surface area contributed by atoms with E-state index >= 15 is 0 Å². The van der Waals surface area contributed by atoms with Gasteiger partial charge < -0.3 is 15.7 Å². The molecule has 150 valence electrons. The molecule has 29 heavy (non-hydrogen) atoms. The van der Waals surface area contributed by atoms with Gasteiger partial charge in [0.2, 0.25) is 5.16 Å². The molecule has 0 amide bonds. The van der Waals surface area contributed by atoms with E-state index in [-0.39, 0.29) is 0 Å². The second-order valence-corrected chi connectivity index (χ2v) is 6.49. The molecular weight excluding hydrogens is 388 g/mol. The van der Waals surface area contributed by atoms with Gasteiger partial charge in [-0.15, -0.1) is 5.10 Å². The summed E-state index contributed by atoms with van der Waals surface area (Å²) in [6.45, 7) is 4.00. The highest BCUT2D eigenvalue weighted by Gasteiger charge is 2.12. The van der Waals surface area contributed by atoms with Crippen molar-refractivity contribution in [3.8, 4) is 22.9 Å². The largest absolute Gasteiger partial charge is 0.453 e. The monoisotopic (exact) mass is 410 g/mol. The predicted molar refractivity (Wildman–Crippen MR) is 116 cm³/mol. The molecule has 10 heteroatoms. The Morgan fingerprint density at radius 3 is 2.83 bits per heavy atom. The van der Waals surface area contributed by atoms with Crippen LogP contribution in [0.15, 0.2) is 63.3 Å². The summed E-state index contributed by atoms with van der Waals surface area (Å²) in [5, 5.41) is 12.1. The number of hydrogen-bond acceptors (Lipinski definition) is 8. The van der Waals surface area contributed by atoms with Gasteiger partial charge >= 0.3 is 0 Å². The molecule has 6 N–H and O–H groups in total. The van der Waals surface area contributed by atoms with Crippen LogP contribution in [0.5, 0.6) is 0 Å². The minimum atomic E-state index is 0.429. The van der Waals surface area contributed by atoms with Crippen LogP contribution in [-0.2, 0) is 0 Å². The highest BCUT2D eigenvalue weighted by Crippen LogP contribution is 2.29. The first-order chi connectivity index (χ1) is 14.3. The van der Waals surface area contributed by atoms with Gasteiger partial charge in [-0.2, -0.15) is 10.1 Å². The molecule has 0 unspecified atom stereocenters. The number of thioether (sulfide) groups is 1. The second-order valence-electron chi connectivity index (χ2n) is 5.55. The number of pyridine rings is 1. The third kappa shape index (κ3) is 4.73. The van der Waals surface area contributed by atoms with Crippen molar-refractivity contribution >= 4 is 28.5 Å². The lowest BCUT2D eigenvalue weighted by Crippen LogP contribution is -2.33. The van der Waals surface area contributed by atoms with E-state index in [1.807, 2.05) is 56.3 Å². The molecule has 1 aromatic carbocycles. The van der Waals surface area contributed by atoms with E-state index in [9.17, 15) is 0 Å². The molecule has 4 rings (SSSR count). The Morgan fingerprint density at radius 1 is 1.21 bits per heavy atom. The maximum absolute atomic E-state index is 5.95. The highest BCUT2D eigenvalue weighted by molar-refractivity contribution is 7.99. The van der Waals surface area contributed by atoms with E-state index in [1.54, 1.807) is 6.20 Å². The van der Waals surface area contributed by atoms with Crippen molar-refractivity contribution in [1.82, 2.24) is 25.6 Å². The fraction of sp³-hybridized carbons (Fsp3) is 0.158. The van der Waals surface area contributed by atoms with Crippen LogP contribution in [0.25, 0.3) is 33.8 Å². The van der Waals surface area contributed by atoms with Gasteiger partial charge in [0.1, 0.15) is 11.6 Å². The van der Waals surface area contributed by atoms with Gasteiger partial charge in [-0.05, 0) is 36.4 Å². The first kappa shape index (κ1) is 20.4. The third-order valence-electron chi connectivity index (χ3n) is 3.85. The van der Waals surface area contributed by atoms with Crippen molar-refractivity contribution in [2.45, 2.75) is 19.0 Å². The molecule has 0 radical (unpaired) electrons. The maximum atomic E-state index is 5.95. The van der Waals surface area contributed by atoms with E-state index < -0.39 is 0 Å². The van der Waals surface area contributed by atoms with Crippen molar-refractivity contribution in [2.24, 2.45) is 16.8 Å². The van der Waals surface area contributed by atoms with Gasteiger partial charge in [-0.25, -0.2) is 5.84 Å². The SMILES string of the molecule is CC.N/N=C(/CSc1n[nH]c(-c2ccc(-c3ccc4ncccc4c3)o2)n1)NN. The smallest absolute Gasteiger partial charge is 0.209 e. The number of nitrogens with two attached hydrogens (primary N) is 2. The van der Waals surface area contributed by atoms with Crippen molar-refractivity contribution in [2.75, 3.05) is 5.75 Å². The highest BCUT2D eigenvalue weighted by atomic mass is 32.2. The van der Waals surface area contributed by atoms with Crippen LogP contribution < -0.4 is 17.1 Å². The number of aromatic nitrogens is 4. The van der Waals surface area contributed by atoms with Gasteiger partial charge in [0.05, 0.1) is 11.3 Å². The summed E-state index contributed by atoms with van der Waals surface area (Å²) in [5.41, 5.74) is 4.32. The van der Waals surface area contributed by atoms with E-state index in [1.165, 1.54) is 11.8 Å². The molecule has 0 fully saturated rings. The Bertz CT molecular complexity index is 1100. The Balaban J connectivity index is 0.00000117. The summed E-state index contributed by atoms with van der Waals surface area (Å²) in [4.78, 5) is 8.74. The van der Waals surface area contributed by atoms with E-state index in [2.05, 4.69) is 30.7 Å². The number of hydrazone groups is 1. The van der Waals surface area contributed by atoms with Crippen LogP contribution in [0, 0.1) is 0 Å². The summed E-state index contributed by atoms with van der Waals surface area (Å²) in [7, 11) is 0. The molecule has 0 saturated heterocycles. The zero-order valence-electron chi connectivity index (χ0n) is 16.1. The van der Waals surface area contributed by atoms with Gasteiger partial charge in [-0.3, -0.25) is 10.1 Å². The van der Waals surface area contributed by atoms with Crippen LogP contribution in [0.1, 0.15) is 13.8 Å². The topological polar surface area (TPSA) is 144 Å². The summed E-state index contributed by atoms with van der Waals surface area (Å²) in [5.74, 6) is 13.2. The van der Waals surface area contributed by atoms with Crippen LogP contribution in [0.3, 0.4) is 0 Å². The van der Waals surface area contributed by atoms with Gasteiger partial charge in [0.25, 0.3) is 0 Å². The lowest BCUT2D eigenvalue weighted by atomic mass is 10.1. The predicted octanol–water partition coefficient (Wildman–Crippen LogP) is 3.13. The van der Waals surface area contributed by atoms with Crippen molar-refractivity contribution in [3.63, 3.8) is 0 Å². The lowest BCUT2D eigenvalue weighted by molar-refractivity contribution is 0.592. The Hall–Kier alpha value is -3.37. The number of rotatable bonds is 5. The van der Waals surface area contributed by atoms with E-state index in [0.29, 0.717) is 28.3 Å². The first-order valence-electron chi connectivity index (χ1n) is 9.01. The zero-order chi connectivity index (χ0) is 20.6. The number of furan rings is 1. The summed E-state index contributed by atoms with van der Waals surface area (Å²) < 4.78 is 5.95. The number of fused-ring (bicyclic) bond motifs is 1. The number of nitrogens with zero attached hydrogens (tertiary/aromatic N) is 4. The van der Waals surface area contributed by atoms with Gasteiger partial charge in [0, 0.05) is 17.1 Å². The minimum Gasteiger partial charge on any atom is -0.453 e. The molecule has 3 aromatic heterocycles. The van der Waals surface area contributed by atoms with E-state index in [4.69, 9.17) is 16.1 Å². The standard InChI is InChI=1S/C17H16N8OS.C2H6/c18-22-15(23-19)9-27-17-21-16(24-25-17)14-6-5-13(26-14)11-3-4-12-10(8-11)2-1-7-20-12;1-2/h1-8H,9,18-19H2,(H,22,23)(H,21,24,25);1-2H3. The molecule has 9 nitrogen and oxygen atoms in total. The van der Waals surface area contributed by atoms with Crippen LogP contribution in [0.4, 0.5) is 0 Å². The summed E-state index contributed by atoms with van der Waals surface area (Å²) >= 11 is 1.34. The fourth-order valence-electron chi connectivity index (χ4n) is 2.52. The molecule has 0 bridgehead atoms. The lowest BCUT2D eigenvalue weighted by Gasteiger charge is -2.00. The second kappa shape index (κ2) is 9.71. The normalized spacial score (nSPS) is 11.2. The maximum Gasteiger partial charge on any atom is 0.209 e. The molecule has 0 aliphatic carbocycles. The minimum absolute atomic E-state index is 0.429. The number of benzene rings is 1. The molecule has 4 aromatic rings. The molecular formula is C19H22N8OS. The Labute approximate surface area is 172 Å². The van der Waals surface area contributed by atoms with Gasteiger partial charge in [0.15, 0.2) is 11.6 Å². The van der Waals surface area contributed by atoms with Crippen molar-refractivity contribution in [1.29, 1.82) is 0 Å². The van der Waals surface area contributed by atoms with Crippen molar-refractivity contribution < 1.29 is 4.42 Å². The fourth-order valence-corrected chi connectivity index (χ4v) is 3.21. The van der Waals surface area contributed by atoms with E-state index in [0.717, 1.165) is 22.2 Å². The number of nitrogens with one attached hydrogen (secondary N) is 2. The number of H-pyrrole nitrogens is 1. The van der Waals surface area contributed by atoms with Crippen LogP contribution >= 0.6 is 11.8 Å². The quantitative estimate of drug-likeness (QED) is 0.129. The van der Waals surface area contributed by atoms with Crippen molar-refractivity contribution in [3.05, 3.63) is 48.7 Å². The zero-order valence-corrected chi connectivity index (χ0v) is 16.9. The number of hydrogen-bond donors (Lipinski definition) is 4. The molecule has 0 aliphatic rings. The van der Waals surface area contributed by atoms with Crippen LogP contribution in [-0.4, -0.2) is 31.8 Å². The first-order valence-corrected chi connectivity index (χ1v) is 9.99. The Morgan fingerprint density at radius 2 is 2.03 bits per heavy atom. The molecule has 0 spiro atoms. The number of amidine groups is 1. The summed E-state index contributed by atoms with van der Waals surface area (Å²) in [6, 6.07) is 13.7. The number of hydrazine groups is 1. The van der Waals surface area contributed by atoms with Gasteiger partial charge in [-0.1, -0.05) is 31.7 Å². The third-order valence-corrected chi connectivity index (χ3v) is 4.71. The molecule has 0 atom stereocenters. The summed E-state index contributed by atoms with van der Waals surface area (Å²) in [6.07, 6.45) is 1.78. The average molecular weight is 411 g/mol. The average Bonchev–Trinajstić information content (AvgIpc) is 3.45. The van der Waals surface area contributed by atoms with Crippen LogP contribution in [0.2, 0.25) is 0 Å². The molecule has 3 heterocycles.